The standard InChI is InChI=1S/C29H34O5/c1-15(30)17-13-20(29(5,6)7)27-24-18(14-19(28(2,3)4)25(31)23(17)24)26(34-27)16-10-11-21(32-8)22(12-16)33-9/h10-14,19,26H,1-9H3. The van der Waals surface area contributed by atoms with Crippen molar-refractivity contribution in [1.29, 1.82) is 0 Å². The van der Waals surface area contributed by atoms with Crippen molar-refractivity contribution in [2.75, 3.05) is 14.2 Å². The van der Waals surface area contributed by atoms with Crippen molar-refractivity contribution >= 4 is 17.1 Å². The molecule has 180 valence electrons. The zero-order valence-electron chi connectivity index (χ0n) is 21.6. The third-order valence-electron chi connectivity index (χ3n) is 6.79. The van der Waals surface area contributed by atoms with Crippen LogP contribution in [0.4, 0.5) is 0 Å². The normalized spacial score (nSPS) is 19.3. The van der Waals surface area contributed by atoms with Crippen LogP contribution in [0.15, 0.2) is 30.3 Å². The maximum Gasteiger partial charge on any atom is 0.171 e. The number of allylic oxidation sites excluding steroid dienone is 1. The predicted molar refractivity (Wildman–Crippen MR) is 133 cm³/mol. The molecule has 5 heteroatoms. The fourth-order valence-electron chi connectivity index (χ4n) is 4.95. The van der Waals surface area contributed by atoms with Crippen LogP contribution in [0.5, 0.6) is 17.2 Å². The third-order valence-corrected chi connectivity index (χ3v) is 6.79. The molecule has 2 aromatic carbocycles. The van der Waals surface area contributed by atoms with Crippen molar-refractivity contribution < 1.29 is 23.8 Å². The maximum absolute atomic E-state index is 13.8. The summed E-state index contributed by atoms with van der Waals surface area (Å²) in [6.45, 7) is 14.0. The Kier molecular flexibility index (Phi) is 5.66. The smallest absolute Gasteiger partial charge is 0.171 e. The average Bonchev–Trinajstić information content (AvgIpc) is 3.13. The molecular formula is C29H34O5. The van der Waals surface area contributed by atoms with E-state index in [1.165, 1.54) is 6.92 Å². The molecule has 4 rings (SSSR count). The van der Waals surface area contributed by atoms with E-state index in [-0.39, 0.29) is 28.3 Å². The van der Waals surface area contributed by atoms with Crippen LogP contribution in [0.2, 0.25) is 0 Å². The average molecular weight is 463 g/mol. The lowest BCUT2D eigenvalue weighted by Gasteiger charge is -2.33. The molecule has 2 unspecified atom stereocenters. The molecule has 5 nitrogen and oxygen atoms in total. The highest BCUT2D eigenvalue weighted by Crippen LogP contribution is 2.56. The van der Waals surface area contributed by atoms with E-state index in [4.69, 9.17) is 14.2 Å². The lowest BCUT2D eigenvalue weighted by molar-refractivity contribution is 0.0859. The van der Waals surface area contributed by atoms with Crippen molar-refractivity contribution in [2.24, 2.45) is 11.3 Å². The summed E-state index contributed by atoms with van der Waals surface area (Å²) in [4.78, 5) is 26.6. The van der Waals surface area contributed by atoms with Gasteiger partial charge in [0.25, 0.3) is 0 Å². The van der Waals surface area contributed by atoms with Crippen molar-refractivity contribution in [3.8, 4) is 17.2 Å². The minimum Gasteiger partial charge on any atom is -0.493 e. The van der Waals surface area contributed by atoms with E-state index in [0.29, 0.717) is 28.4 Å². The molecule has 0 spiro atoms. The van der Waals surface area contributed by atoms with Gasteiger partial charge < -0.3 is 14.2 Å². The van der Waals surface area contributed by atoms with Crippen LogP contribution < -0.4 is 14.2 Å². The molecule has 1 aliphatic heterocycles. The van der Waals surface area contributed by atoms with Crippen LogP contribution in [-0.4, -0.2) is 25.8 Å². The van der Waals surface area contributed by atoms with E-state index in [9.17, 15) is 9.59 Å². The van der Waals surface area contributed by atoms with E-state index >= 15 is 0 Å². The number of carbonyl (C=O) groups excluding carboxylic acids is 2. The summed E-state index contributed by atoms with van der Waals surface area (Å²) < 4.78 is 17.6. The Balaban J connectivity index is 2.04. The summed E-state index contributed by atoms with van der Waals surface area (Å²) in [7, 11) is 3.21. The first-order valence-corrected chi connectivity index (χ1v) is 11.7. The van der Waals surface area contributed by atoms with Gasteiger partial charge in [-0.1, -0.05) is 53.7 Å². The number of ketones is 2. The van der Waals surface area contributed by atoms with Gasteiger partial charge in [-0.25, -0.2) is 0 Å². The van der Waals surface area contributed by atoms with Crippen molar-refractivity contribution in [2.45, 2.75) is 60.0 Å². The van der Waals surface area contributed by atoms with Gasteiger partial charge in [0.15, 0.2) is 23.1 Å². The Labute approximate surface area is 202 Å². The summed E-state index contributed by atoms with van der Waals surface area (Å²) in [6.07, 6.45) is 1.63. The first kappa shape index (κ1) is 24.1. The Morgan fingerprint density at radius 2 is 1.59 bits per heavy atom. The summed E-state index contributed by atoms with van der Waals surface area (Å²) in [5.41, 5.74) is 3.90. The minimum absolute atomic E-state index is 0.0188. The number of ether oxygens (including phenoxy) is 3. The molecule has 0 saturated carbocycles. The summed E-state index contributed by atoms with van der Waals surface area (Å²) >= 11 is 0. The second-order valence-electron chi connectivity index (χ2n) is 11.3. The molecular weight excluding hydrogens is 428 g/mol. The second-order valence-corrected chi connectivity index (χ2v) is 11.3. The highest BCUT2D eigenvalue weighted by Gasteiger charge is 2.46. The summed E-state index contributed by atoms with van der Waals surface area (Å²) in [5.74, 6) is 1.44. The molecule has 0 amide bonds. The van der Waals surface area contributed by atoms with E-state index < -0.39 is 6.10 Å². The Hall–Kier alpha value is -3.08. The number of rotatable bonds is 4. The Morgan fingerprint density at radius 3 is 2.12 bits per heavy atom. The van der Waals surface area contributed by atoms with Gasteiger partial charge in [0, 0.05) is 39.3 Å². The quantitative estimate of drug-likeness (QED) is 0.480. The molecule has 34 heavy (non-hydrogen) atoms. The summed E-state index contributed by atoms with van der Waals surface area (Å²) in [5, 5.41) is 0. The number of methoxy groups -OCH3 is 2. The van der Waals surface area contributed by atoms with Crippen LogP contribution in [-0.2, 0) is 5.41 Å². The monoisotopic (exact) mass is 462 g/mol. The predicted octanol–water partition coefficient (Wildman–Crippen LogP) is 6.58. The molecule has 0 saturated heterocycles. The largest absolute Gasteiger partial charge is 0.493 e. The van der Waals surface area contributed by atoms with E-state index in [1.54, 1.807) is 14.2 Å². The SMILES string of the molecule is COc1ccc(C2Oc3c(C(C)(C)C)cc(C(C)=O)c4c3C2=CC(C(C)(C)C)C4=O)cc1OC. The van der Waals surface area contributed by atoms with Crippen LogP contribution in [0.1, 0.15) is 92.0 Å². The lowest BCUT2D eigenvalue weighted by atomic mass is 9.68. The molecule has 2 aromatic rings. The highest BCUT2D eigenvalue weighted by atomic mass is 16.5. The number of hydrogen-bond acceptors (Lipinski definition) is 5. The zero-order chi connectivity index (χ0) is 25.2. The fourth-order valence-corrected chi connectivity index (χ4v) is 4.95. The Morgan fingerprint density at radius 1 is 0.941 bits per heavy atom. The van der Waals surface area contributed by atoms with Crippen LogP contribution in [0.3, 0.4) is 0 Å². The van der Waals surface area contributed by atoms with Gasteiger partial charge in [-0.3, -0.25) is 9.59 Å². The van der Waals surface area contributed by atoms with E-state index in [2.05, 4.69) is 47.6 Å². The molecule has 2 aliphatic rings. The van der Waals surface area contributed by atoms with Gasteiger partial charge in [-0.15, -0.1) is 0 Å². The number of benzene rings is 2. The number of hydrogen-bond donors (Lipinski definition) is 0. The second kappa shape index (κ2) is 8.00. The molecule has 0 radical (unpaired) electrons. The first-order chi connectivity index (χ1) is 15.8. The summed E-state index contributed by atoms with van der Waals surface area (Å²) in [6, 6.07) is 7.61. The van der Waals surface area contributed by atoms with Crippen molar-refractivity contribution in [1.82, 2.24) is 0 Å². The molecule has 2 atom stereocenters. The van der Waals surface area contributed by atoms with Crippen LogP contribution in [0.25, 0.3) is 5.57 Å². The minimum atomic E-state index is -0.421. The molecule has 1 aliphatic carbocycles. The van der Waals surface area contributed by atoms with Crippen LogP contribution >= 0.6 is 0 Å². The zero-order valence-corrected chi connectivity index (χ0v) is 21.6. The highest BCUT2D eigenvalue weighted by molar-refractivity contribution is 6.16. The van der Waals surface area contributed by atoms with Gasteiger partial charge in [0.2, 0.25) is 0 Å². The van der Waals surface area contributed by atoms with E-state index in [0.717, 1.165) is 22.3 Å². The van der Waals surface area contributed by atoms with Gasteiger partial charge in [0.05, 0.1) is 14.2 Å². The number of carbonyl (C=O) groups is 2. The number of Topliss-reactive ketones (excluding diaryl/α,β-unsaturated/α-hetero) is 2. The van der Waals surface area contributed by atoms with E-state index in [1.807, 2.05) is 24.3 Å². The van der Waals surface area contributed by atoms with Gasteiger partial charge >= 0.3 is 0 Å². The van der Waals surface area contributed by atoms with Crippen molar-refractivity contribution in [3.05, 3.63) is 58.2 Å². The first-order valence-electron chi connectivity index (χ1n) is 11.7. The molecule has 0 bridgehead atoms. The molecule has 0 N–H and O–H groups in total. The molecule has 1 heterocycles. The maximum atomic E-state index is 13.8. The topological polar surface area (TPSA) is 61.8 Å². The lowest BCUT2D eigenvalue weighted by Crippen LogP contribution is -2.32. The fraction of sp³-hybridized carbons (Fsp3) is 0.448. The Bertz CT molecular complexity index is 1220. The van der Waals surface area contributed by atoms with Crippen LogP contribution in [0, 0.1) is 11.3 Å². The van der Waals surface area contributed by atoms with Crippen molar-refractivity contribution in [3.63, 3.8) is 0 Å². The van der Waals surface area contributed by atoms with Gasteiger partial charge in [-0.05, 0) is 36.0 Å². The van der Waals surface area contributed by atoms with Gasteiger partial charge in [0.1, 0.15) is 11.9 Å². The third kappa shape index (κ3) is 3.71. The molecule has 0 fully saturated rings. The van der Waals surface area contributed by atoms with Gasteiger partial charge in [-0.2, -0.15) is 0 Å². The molecule has 0 aromatic heterocycles.